The molecule has 0 fully saturated rings. The highest BCUT2D eigenvalue weighted by atomic mass is 32.2. The van der Waals surface area contributed by atoms with E-state index in [1.54, 1.807) is 0 Å². The van der Waals surface area contributed by atoms with Crippen molar-refractivity contribution < 1.29 is 8.42 Å². The lowest BCUT2D eigenvalue weighted by Gasteiger charge is -2.18. The second kappa shape index (κ2) is 5.65. The predicted molar refractivity (Wildman–Crippen MR) is 71.1 cm³/mol. The third-order valence-corrected chi connectivity index (χ3v) is 3.75. The molecule has 96 valence electrons. The first-order chi connectivity index (χ1) is 7.79. The topological polar surface area (TPSA) is 46.2 Å². The van der Waals surface area contributed by atoms with E-state index in [-0.39, 0.29) is 11.2 Å². The van der Waals surface area contributed by atoms with E-state index in [2.05, 4.69) is 25.5 Å². The lowest BCUT2D eigenvalue weighted by molar-refractivity contribution is 0.378. The second-order valence-electron chi connectivity index (χ2n) is 5.45. The fourth-order valence-corrected chi connectivity index (χ4v) is 2.57. The van der Waals surface area contributed by atoms with Crippen LogP contribution in [0.3, 0.4) is 0 Å². The lowest BCUT2D eigenvalue weighted by Crippen LogP contribution is -2.28. The van der Waals surface area contributed by atoms with Gasteiger partial charge in [0.25, 0.3) is 0 Å². The molecule has 3 nitrogen and oxygen atoms in total. The highest BCUT2D eigenvalue weighted by molar-refractivity contribution is 7.88. The molecular weight excluding hydrogens is 234 g/mol. The zero-order valence-electron chi connectivity index (χ0n) is 10.7. The largest absolute Gasteiger partial charge is 0.215 e. The van der Waals surface area contributed by atoms with Crippen LogP contribution in [0.15, 0.2) is 30.3 Å². The number of hydrogen-bond acceptors (Lipinski definition) is 2. The number of benzene rings is 1. The number of sulfonamides is 1. The molecule has 0 saturated heterocycles. The average Bonchev–Trinajstić information content (AvgIpc) is 2.15. The minimum Gasteiger partial charge on any atom is -0.215 e. The summed E-state index contributed by atoms with van der Waals surface area (Å²) in [5.41, 5.74) is 0.964. The van der Waals surface area contributed by atoms with Crippen molar-refractivity contribution in [2.24, 2.45) is 5.41 Å². The molecule has 0 heterocycles. The van der Waals surface area contributed by atoms with Crippen molar-refractivity contribution in [1.29, 1.82) is 0 Å². The molecule has 0 spiro atoms. The average molecular weight is 255 g/mol. The Bertz CT molecular complexity index is 432. The van der Waals surface area contributed by atoms with E-state index in [1.165, 1.54) is 0 Å². The summed E-state index contributed by atoms with van der Waals surface area (Å²) in [6.45, 7) is 6.79. The third-order valence-electron chi connectivity index (χ3n) is 2.40. The van der Waals surface area contributed by atoms with E-state index < -0.39 is 10.0 Å². The summed E-state index contributed by atoms with van der Waals surface area (Å²) in [5.74, 6) is 0.0536. The highest BCUT2D eigenvalue weighted by Gasteiger charge is 2.14. The molecular formula is C13H21NO2S. The van der Waals surface area contributed by atoms with Gasteiger partial charge in [-0.15, -0.1) is 0 Å². The van der Waals surface area contributed by atoms with Crippen molar-refractivity contribution in [3.05, 3.63) is 35.9 Å². The minimum absolute atomic E-state index is 0.0536. The molecule has 1 aromatic carbocycles. The Morgan fingerprint density at radius 3 is 2.24 bits per heavy atom. The van der Waals surface area contributed by atoms with E-state index in [9.17, 15) is 8.42 Å². The van der Waals surface area contributed by atoms with Gasteiger partial charge in [-0.3, -0.25) is 0 Å². The third kappa shape index (κ3) is 6.44. The van der Waals surface area contributed by atoms with Gasteiger partial charge in [0.15, 0.2) is 0 Å². The molecule has 0 bridgehead atoms. The van der Waals surface area contributed by atoms with Crippen LogP contribution in [0.5, 0.6) is 0 Å². The first kappa shape index (κ1) is 14.2. The van der Waals surface area contributed by atoms with Crippen LogP contribution in [0.2, 0.25) is 0 Å². The van der Waals surface area contributed by atoms with E-state index >= 15 is 0 Å². The fourth-order valence-electron chi connectivity index (χ4n) is 1.43. The summed E-state index contributed by atoms with van der Waals surface area (Å²) in [7, 11) is -3.21. The van der Waals surface area contributed by atoms with Crippen LogP contribution in [-0.2, 0) is 15.8 Å². The maximum atomic E-state index is 11.8. The van der Waals surface area contributed by atoms with Gasteiger partial charge in [0.2, 0.25) is 10.0 Å². The van der Waals surface area contributed by atoms with Gasteiger partial charge >= 0.3 is 0 Å². The summed E-state index contributed by atoms with van der Waals surface area (Å²) in [5, 5.41) is 0. The molecule has 0 aliphatic heterocycles. The summed E-state index contributed by atoms with van der Waals surface area (Å²) < 4.78 is 26.2. The van der Waals surface area contributed by atoms with Crippen LogP contribution in [0.4, 0.5) is 0 Å². The normalized spacial score (nSPS) is 12.6. The molecule has 0 aromatic heterocycles. The van der Waals surface area contributed by atoms with Gasteiger partial charge in [-0.1, -0.05) is 51.1 Å². The molecule has 1 aromatic rings. The molecule has 0 unspecified atom stereocenters. The minimum atomic E-state index is -3.21. The van der Waals surface area contributed by atoms with Crippen LogP contribution >= 0.6 is 0 Å². The molecule has 1 N–H and O–H groups in total. The number of nitrogens with one attached hydrogen (secondary N) is 1. The molecule has 0 amide bonds. The molecule has 1 rings (SSSR count). The highest BCUT2D eigenvalue weighted by Crippen LogP contribution is 2.17. The van der Waals surface area contributed by atoms with Crippen LogP contribution < -0.4 is 4.72 Å². The van der Waals surface area contributed by atoms with Crippen molar-refractivity contribution in [3.63, 3.8) is 0 Å². The summed E-state index contributed by atoms with van der Waals surface area (Å²) >= 11 is 0. The monoisotopic (exact) mass is 255 g/mol. The Labute approximate surface area is 104 Å². The quantitative estimate of drug-likeness (QED) is 0.879. The fraction of sp³-hybridized carbons (Fsp3) is 0.538. The smallest absolute Gasteiger partial charge is 0.215 e. The molecule has 0 atom stereocenters. The molecule has 0 saturated carbocycles. The first-order valence-electron chi connectivity index (χ1n) is 5.80. The summed E-state index contributed by atoms with van der Waals surface area (Å²) in [6, 6.07) is 9.22. The summed E-state index contributed by atoms with van der Waals surface area (Å²) in [4.78, 5) is 0. The van der Waals surface area contributed by atoms with Crippen molar-refractivity contribution in [1.82, 2.24) is 4.72 Å². The van der Waals surface area contributed by atoms with Gasteiger partial charge in [0, 0.05) is 6.54 Å². The van der Waals surface area contributed by atoms with E-state index in [0.29, 0.717) is 6.54 Å². The van der Waals surface area contributed by atoms with Gasteiger partial charge in [-0.2, -0.15) is 0 Å². The molecule has 17 heavy (non-hydrogen) atoms. The standard InChI is InChI=1S/C13H21NO2S/c1-13(2,3)9-10-14-17(15,16)11-12-7-5-4-6-8-12/h4-8,14H,9-11H2,1-3H3. The lowest BCUT2D eigenvalue weighted by atomic mass is 9.93. The van der Waals surface area contributed by atoms with Crippen LogP contribution in [0.25, 0.3) is 0 Å². The summed E-state index contributed by atoms with van der Waals surface area (Å²) in [6.07, 6.45) is 0.834. The predicted octanol–water partition coefficient (Wildman–Crippen LogP) is 2.54. The van der Waals surface area contributed by atoms with E-state index in [1.807, 2.05) is 30.3 Å². The molecule has 0 aliphatic rings. The van der Waals surface area contributed by atoms with Crippen LogP contribution in [0.1, 0.15) is 32.8 Å². The molecule has 0 aliphatic carbocycles. The Balaban J connectivity index is 2.48. The van der Waals surface area contributed by atoms with Crippen molar-refractivity contribution in [2.45, 2.75) is 32.9 Å². The van der Waals surface area contributed by atoms with Gasteiger partial charge in [-0.05, 0) is 17.4 Å². The van der Waals surface area contributed by atoms with Gasteiger partial charge < -0.3 is 0 Å². The number of hydrogen-bond donors (Lipinski definition) is 1. The molecule has 4 heteroatoms. The van der Waals surface area contributed by atoms with E-state index in [0.717, 1.165) is 12.0 Å². The van der Waals surface area contributed by atoms with Crippen molar-refractivity contribution >= 4 is 10.0 Å². The maximum absolute atomic E-state index is 11.8. The number of rotatable bonds is 5. The van der Waals surface area contributed by atoms with E-state index in [4.69, 9.17) is 0 Å². The van der Waals surface area contributed by atoms with Crippen LogP contribution in [-0.4, -0.2) is 15.0 Å². The van der Waals surface area contributed by atoms with Gasteiger partial charge in [0.05, 0.1) is 5.75 Å². The SMILES string of the molecule is CC(C)(C)CCNS(=O)(=O)Cc1ccccc1. The zero-order chi connectivity index (χ0) is 12.9. The van der Waals surface area contributed by atoms with Gasteiger partial charge in [0.1, 0.15) is 0 Å². The first-order valence-corrected chi connectivity index (χ1v) is 7.45. The Kier molecular flexibility index (Phi) is 4.71. The van der Waals surface area contributed by atoms with Gasteiger partial charge in [-0.25, -0.2) is 13.1 Å². The molecule has 0 radical (unpaired) electrons. The van der Waals surface area contributed by atoms with Crippen molar-refractivity contribution in [2.75, 3.05) is 6.54 Å². The van der Waals surface area contributed by atoms with Crippen LogP contribution in [0, 0.1) is 5.41 Å². The second-order valence-corrected chi connectivity index (χ2v) is 7.26. The maximum Gasteiger partial charge on any atom is 0.215 e. The Morgan fingerprint density at radius 2 is 1.71 bits per heavy atom. The zero-order valence-corrected chi connectivity index (χ0v) is 11.5. The van der Waals surface area contributed by atoms with Crippen molar-refractivity contribution in [3.8, 4) is 0 Å². The Hall–Kier alpha value is -0.870. The Morgan fingerprint density at radius 1 is 1.12 bits per heavy atom.